The minimum atomic E-state index is -4.51. The summed E-state index contributed by atoms with van der Waals surface area (Å²) in [4.78, 5) is 8.96. The van der Waals surface area contributed by atoms with Crippen LogP contribution in [0.1, 0.15) is 29.9 Å². The van der Waals surface area contributed by atoms with Gasteiger partial charge in [-0.1, -0.05) is 0 Å². The number of ether oxygens (including phenoxy) is 4. The third-order valence-corrected chi connectivity index (χ3v) is 5.25. The number of nitrogens with zero attached hydrogens (tertiary/aromatic N) is 2. The van der Waals surface area contributed by atoms with Crippen molar-refractivity contribution in [3.05, 3.63) is 47.3 Å². The molecule has 3 N–H and O–H groups in total. The Bertz CT molecular complexity index is 1170. The van der Waals surface area contributed by atoms with Crippen LogP contribution in [0.5, 0.6) is 11.5 Å². The van der Waals surface area contributed by atoms with Gasteiger partial charge in [-0.3, -0.25) is 0 Å². The second-order valence-corrected chi connectivity index (χ2v) is 8.04. The highest BCUT2D eigenvalue weighted by atomic mass is 19.4. The van der Waals surface area contributed by atoms with Crippen molar-refractivity contribution in [2.24, 2.45) is 0 Å². The van der Waals surface area contributed by atoms with Crippen molar-refractivity contribution in [3.8, 4) is 11.5 Å². The summed E-state index contributed by atoms with van der Waals surface area (Å²) < 4.78 is 61.8. The molecular formula is C24H29F3N4O4. The molecule has 0 fully saturated rings. The van der Waals surface area contributed by atoms with Crippen LogP contribution in [-0.4, -0.2) is 50.6 Å². The Morgan fingerprint density at radius 2 is 1.66 bits per heavy atom. The lowest BCUT2D eigenvalue weighted by Gasteiger charge is -2.21. The normalized spacial score (nSPS) is 12.7. The number of fused-ring (bicyclic) bond motifs is 1. The van der Waals surface area contributed by atoms with Gasteiger partial charge in [0.25, 0.3) is 0 Å². The van der Waals surface area contributed by atoms with E-state index in [2.05, 4.69) is 15.3 Å². The molecule has 0 bridgehead atoms. The molecule has 0 radical (unpaired) electrons. The van der Waals surface area contributed by atoms with Crippen molar-refractivity contribution in [2.75, 3.05) is 45.6 Å². The van der Waals surface area contributed by atoms with E-state index in [1.54, 1.807) is 40.2 Å². The van der Waals surface area contributed by atoms with E-state index in [0.29, 0.717) is 52.8 Å². The van der Waals surface area contributed by atoms with Crippen molar-refractivity contribution < 1.29 is 32.1 Å². The van der Waals surface area contributed by atoms with Gasteiger partial charge >= 0.3 is 6.18 Å². The minimum absolute atomic E-state index is 0.0231. The maximum atomic E-state index is 13.3. The first kappa shape index (κ1) is 26.3. The van der Waals surface area contributed by atoms with Crippen LogP contribution in [0.25, 0.3) is 10.9 Å². The average Bonchev–Trinajstić information content (AvgIpc) is 2.78. The molecule has 8 nitrogen and oxygen atoms in total. The number of hydrogen-bond acceptors (Lipinski definition) is 8. The van der Waals surface area contributed by atoms with Crippen LogP contribution in [0.3, 0.4) is 0 Å². The van der Waals surface area contributed by atoms with Crippen LogP contribution in [0, 0.1) is 6.92 Å². The summed E-state index contributed by atoms with van der Waals surface area (Å²) in [6.45, 7) is 4.03. The Morgan fingerprint density at radius 3 is 2.26 bits per heavy atom. The lowest BCUT2D eigenvalue weighted by Crippen LogP contribution is -2.27. The second kappa shape index (κ2) is 11.0. The summed E-state index contributed by atoms with van der Waals surface area (Å²) >= 11 is 0. The van der Waals surface area contributed by atoms with Crippen LogP contribution in [-0.2, 0) is 15.7 Å². The monoisotopic (exact) mass is 494 g/mol. The van der Waals surface area contributed by atoms with Gasteiger partial charge in [0.05, 0.1) is 37.4 Å². The average molecular weight is 495 g/mol. The predicted molar refractivity (Wildman–Crippen MR) is 127 cm³/mol. The minimum Gasteiger partial charge on any atom is -0.493 e. The fourth-order valence-electron chi connectivity index (χ4n) is 3.66. The fourth-order valence-corrected chi connectivity index (χ4v) is 3.66. The van der Waals surface area contributed by atoms with E-state index >= 15 is 0 Å². The van der Waals surface area contributed by atoms with E-state index in [4.69, 9.17) is 24.7 Å². The Balaban J connectivity index is 2.03. The summed E-state index contributed by atoms with van der Waals surface area (Å²) in [7, 11) is 4.64. The molecule has 0 aliphatic carbocycles. The van der Waals surface area contributed by atoms with E-state index in [-0.39, 0.29) is 5.69 Å². The summed E-state index contributed by atoms with van der Waals surface area (Å²) in [5.74, 6) is 1.78. The molecule has 0 spiro atoms. The number of halogens is 3. The van der Waals surface area contributed by atoms with E-state index in [1.165, 1.54) is 13.2 Å². The molecule has 1 unspecified atom stereocenters. The number of anilines is 2. The maximum absolute atomic E-state index is 13.3. The SMILES string of the molecule is COCC(COC)Oc1cc2c(NC(C)c3cc(N)cc(C(F)(F)F)c3)nc(C)nc2cc1OC. The van der Waals surface area contributed by atoms with Crippen molar-refractivity contribution in [1.82, 2.24) is 9.97 Å². The predicted octanol–water partition coefficient (Wildman–Crippen LogP) is 4.76. The van der Waals surface area contributed by atoms with Crippen LogP contribution < -0.4 is 20.5 Å². The standard InChI is InChI=1S/C24H29F3N4O4/c1-13(15-6-16(24(25,26)27)8-17(28)7-15)29-23-19-9-22(35-18(11-32-3)12-33-4)21(34-5)10-20(19)30-14(2)31-23/h6-10,13,18H,11-12,28H2,1-5H3,(H,29,30,31). The Hall–Kier alpha value is -3.31. The number of hydrogen-bond donors (Lipinski definition) is 2. The zero-order valence-corrected chi connectivity index (χ0v) is 20.2. The highest BCUT2D eigenvalue weighted by Gasteiger charge is 2.31. The molecule has 0 saturated carbocycles. The second-order valence-electron chi connectivity index (χ2n) is 8.04. The number of methoxy groups -OCH3 is 3. The molecule has 0 saturated heterocycles. The van der Waals surface area contributed by atoms with Crippen LogP contribution in [0.2, 0.25) is 0 Å². The van der Waals surface area contributed by atoms with E-state index in [0.717, 1.165) is 12.1 Å². The molecule has 190 valence electrons. The van der Waals surface area contributed by atoms with Crippen molar-refractivity contribution in [3.63, 3.8) is 0 Å². The third kappa shape index (κ3) is 6.43. The van der Waals surface area contributed by atoms with Gasteiger partial charge in [-0.2, -0.15) is 13.2 Å². The largest absolute Gasteiger partial charge is 0.493 e. The Kier molecular flexibility index (Phi) is 8.23. The van der Waals surface area contributed by atoms with Gasteiger partial charge in [-0.15, -0.1) is 0 Å². The van der Waals surface area contributed by atoms with E-state index in [1.807, 2.05) is 0 Å². The number of rotatable bonds is 10. The quantitative estimate of drug-likeness (QED) is 0.389. The highest BCUT2D eigenvalue weighted by Crippen LogP contribution is 2.37. The summed E-state index contributed by atoms with van der Waals surface area (Å²) in [6, 6.07) is 6.38. The fraction of sp³-hybridized carbons (Fsp3) is 0.417. The number of benzene rings is 2. The number of nitrogens with one attached hydrogen (secondary N) is 1. The van der Waals surface area contributed by atoms with Gasteiger partial charge in [0.1, 0.15) is 17.7 Å². The Morgan fingerprint density at radius 1 is 0.971 bits per heavy atom. The van der Waals surface area contributed by atoms with Crippen molar-refractivity contribution in [2.45, 2.75) is 32.2 Å². The van der Waals surface area contributed by atoms with Crippen LogP contribution >= 0.6 is 0 Å². The van der Waals surface area contributed by atoms with Gasteiger partial charge in [0.15, 0.2) is 11.5 Å². The molecule has 2 aromatic carbocycles. The lowest BCUT2D eigenvalue weighted by molar-refractivity contribution is -0.137. The Labute approximate surface area is 201 Å². The zero-order valence-electron chi connectivity index (χ0n) is 20.2. The van der Waals surface area contributed by atoms with Gasteiger partial charge in [0.2, 0.25) is 0 Å². The molecular weight excluding hydrogens is 465 g/mol. The lowest BCUT2D eigenvalue weighted by atomic mass is 10.0. The molecule has 3 rings (SSSR count). The first-order chi connectivity index (χ1) is 16.5. The number of aromatic nitrogens is 2. The van der Waals surface area contributed by atoms with Gasteiger partial charge in [-0.25, -0.2) is 9.97 Å². The maximum Gasteiger partial charge on any atom is 0.416 e. The molecule has 11 heteroatoms. The molecule has 35 heavy (non-hydrogen) atoms. The van der Waals surface area contributed by atoms with E-state index < -0.39 is 23.9 Å². The van der Waals surface area contributed by atoms with Crippen LogP contribution in [0.15, 0.2) is 30.3 Å². The molecule has 3 aromatic rings. The molecule has 0 amide bonds. The first-order valence-electron chi connectivity index (χ1n) is 10.8. The molecule has 1 heterocycles. The van der Waals surface area contributed by atoms with Crippen molar-refractivity contribution in [1.29, 1.82) is 0 Å². The molecule has 0 aliphatic rings. The highest BCUT2D eigenvalue weighted by molar-refractivity contribution is 5.92. The number of aryl methyl sites for hydroxylation is 1. The number of nitrogen functional groups attached to an aromatic ring is 1. The third-order valence-electron chi connectivity index (χ3n) is 5.25. The molecule has 1 aromatic heterocycles. The zero-order chi connectivity index (χ0) is 25.8. The topological polar surface area (TPSA) is 101 Å². The number of nitrogens with two attached hydrogens (primary N) is 1. The van der Waals surface area contributed by atoms with E-state index in [9.17, 15) is 13.2 Å². The van der Waals surface area contributed by atoms with Gasteiger partial charge < -0.3 is 30.0 Å². The molecule has 0 aliphatic heterocycles. The first-order valence-corrected chi connectivity index (χ1v) is 10.8. The number of alkyl halides is 3. The smallest absolute Gasteiger partial charge is 0.416 e. The summed E-state index contributed by atoms with van der Waals surface area (Å²) in [6.07, 6.45) is -4.91. The summed E-state index contributed by atoms with van der Waals surface area (Å²) in [5.41, 5.74) is 5.90. The van der Waals surface area contributed by atoms with Gasteiger partial charge in [-0.05, 0) is 43.7 Å². The summed E-state index contributed by atoms with van der Waals surface area (Å²) in [5, 5.41) is 3.80. The van der Waals surface area contributed by atoms with Gasteiger partial charge in [0, 0.05) is 31.4 Å². The molecule has 1 atom stereocenters. The van der Waals surface area contributed by atoms with Crippen molar-refractivity contribution >= 4 is 22.4 Å². The van der Waals surface area contributed by atoms with Crippen LogP contribution in [0.4, 0.5) is 24.7 Å².